The Balaban J connectivity index is 3.00. The van der Waals surface area contributed by atoms with Gasteiger partial charge >= 0.3 is 0 Å². The van der Waals surface area contributed by atoms with Crippen LogP contribution in [0.2, 0.25) is 5.02 Å². The van der Waals surface area contributed by atoms with E-state index in [2.05, 4.69) is 0 Å². The first-order chi connectivity index (χ1) is 6.49. The normalized spacial score (nSPS) is 14.1. The lowest BCUT2D eigenvalue weighted by molar-refractivity contribution is 0.827. The van der Waals surface area contributed by atoms with E-state index < -0.39 is 9.71 Å². The number of hydrogen-bond donors (Lipinski definition) is 0. The third-order valence-electron chi connectivity index (χ3n) is 1.73. The van der Waals surface area contributed by atoms with E-state index in [4.69, 9.17) is 58.0 Å². The van der Waals surface area contributed by atoms with Crippen LogP contribution in [0.3, 0.4) is 0 Å². The molecule has 0 aliphatic rings. The minimum Gasteiger partial charge on any atom is -0.123 e. The summed E-state index contributed by atoms with van der Waals surface area (Å²) in [6.07, 6.45) is 0. The highest BCUT2D eigenvalue weighted by Gasteiger charge is 2.34. The van der Waals surface area contributed by atoms with Crippen LogP contribution in [-0.4, -0.2) is 10.2 Å². The summed E-state index contributed by atoms with van der Waals surface area (Å²) >= 11 is 29.4. The summed E-state index contributed by atoms with van der Waals surface area (Å²) in [6, 6.07) is 7.12. The predicted molar refractivity (Wildman–Crippen MR) is 65.2 cm³/mol. The van der Waals surface area contributed by atoms with Gasteiger partial charge < -0.3 is 0 Å². The number of alkyl halides is 4. The zero-order valence-electron chi connectivity index (χ0n) is 6.98. The maximum absolute atomic E-state index is 6.07. The van der Waals surface area contributed by atoms with Crippen molar-refractivity contribution in [3.05, 3.63) is 34.9 Å². The number of hydrogen-bond acceptors (Lipinski definition) is 0. The lowest BCUT2D eigenvalue weighted by Crippen LogP contribution is -2.22. The average molecular weight is 292 g/mol. The summed E-state index contributed by atoms with van der Waals surface area (Å²) in [7, 11) is 0. The Kier molecular flexibility index (Phi) is 4.67. The van der Waals surface area contributed by atoms with Crippen molar-refractivity contribution < 1.29 is 0 Å². The molecular weight excluding hydrogens is 285 g/mol. The van der Waals surface area contributed by atoms with E-state index in [0.717, 1.165) is 0 Å². The molecule has 1 atom stereocenters. The molecule has 0 nitrogen and oxygen atoms in total. The summed E-state index contributed by atoms with van der Waals surface area (Å²) in [5.41, 5.74) is 0.682. The summed E-state index contributed by atoms with van der Waals surface area (Å²) in [4.78, 5) is 0. The van der Waals surface area contributed by atoms with Crippen LogP contribution in [0.5, 0.6) is 0 Å². The quantitative estimate of drug-likeness (QED) is 0.685. The molecule has 14 heavy (non-hydrogen) atoms. The van der Waals surface area contributed by atoms with Crippen LogP contribution in [0.25, 0.3) is 0 Å². The first kappa shape index (κ1) is 12.7. The zero-order chi connectivity index (χ0) is 10.8. The van der Waals surface area contributed by atoms with Crippen molar-refractivity contribution in [1.29, 1.82) is 0 Å². The van der Waals surface area contributed by atoms with Crippen molar-refractivity contribution >= 4 is 58.0 Å². The Morgan fingerprint density at radius 3 is 2.29 bits per heavy atom. The predicted octanol–water partition coefficient (Wildman–Crippen LogP) is 5.03. The second-order valence-corrected chi connectivity index (χ2v) is 5.43. The molecule has 0 saturated heterocycles. The van der Waals surface area contributed by atoms with Gasteiger partial charge in [0.05, 0.1) is 11.3 Å². The van der Waals surface area contributed by atoms with Crippen LogP contribution in [0, 0.1) is 0 Å². The minimum absolute atomic E-state index is 0.0372. The van der Waals surface area contributed by atoms with Crippen molar-refractivity contribution in [2.24, 2.45) is 0 Å². The molecule has 0 heterocycles. The maximum Gasteiger partial charge on any atom is 0.152 e. The molecule has 1 unspecified atom stereocenters. The minimum atomic E-state index is -1.21. The number of rotatable bonds is 3. The van der Waals surface area contributed by atoms with E-state index in [1.54, 1.807) is 18.2 Å². The summed E-state index contributed by atoms with van der Waals surface area (Å²) in [6.45, 7) is 0. The van der Waals surface area contributed by atoms with Crippen molar-refractivity contribution in [3.8, 4) is 0 Å². The van der Waals surface area contributed by atoms with Crippen LogP contribution in [0.1, 0.15) is 10.9 Å². The van der Waals surface area contributed by atoms with Gasteiger partial charge in [0.25, 0.3) is 0 Å². The molecule has 0 aromatic heterocycles. The Labute approximate surface area is 108 Å². The van der Waals surface area contributed by atoms with Gasteiger partial charge in [0.2, 0.25) is 0 Å². The zero-order valence-corrected chi connectivity index (χ0v) is 10.8. The molecule has 0 radical (unpaired) electrons. The third kappa shape index (κ3) is 2.84. The summed E-state index contributed by atoms with van der Waals surface area (Å²) < 4.78 is -1.21. The average Bonchev–Trinajstić information content (AvgIpc) is 2.17. The topological polar surface area (TPSA) is 0 Å². The molecule has 0 N–H and O–H groups in total. The second-order valence-electron chi connectivity index (χ2n) is 2.78. The van der Waals surface area contributed by atoms with E-state index in [9.17, 15) is 0 Å². The van der Waals surface area contributed by atoms with E-state index in [1.165, 1.54) is 0 Å². The van der Waals surface area contributed by atoms with E-state index >= 15 is 0 Å². The van der Waals surface area contributed by atoms with Gasteiger partial charge in [-0.25, -0.2) is 0 Å². The molecule has 5 heteroatoms. The molecule has 0 aliphatic carbocycles. The van der Waals surface area contributed by atoms with Gasteiger partial charge in [0.1, 0.15) is 0 Å². The molecule has 1 rings (SSSR count). The molecule has 0 amide bonds. The van der Waals surface area contributed by atoms with Gasteiger partial charge in [-0.3, -0.25) is 0 Å². The number of halogens is 5. The number of benzene rings is 1. The molecule has 78 valence electrons. The summed E-state index contributed by atoms with van der Waals surface area (Å²) in [5.74, 6) is 0.0372. The highest BCUT2D eigenvalue weighted by atomic mass is 35.5. The first-order valence-corrected chi connectivity index (χ1v) is 5.92. The van der Waals surface area contributed by atoms with E-state index in [1.807, 2.05) is 6.07 Å². The highest BCUT2D eigenvalue weighted by molar-refractivity contribution is 6.55. The van der Waals surface area contributed by atoms with E-state index in [-0.39, 0.29) is 5.88 Å². The van der Waals surface area contributed by atoms with Gasteiger partial charge in [-0.15, -0.1) is 23.2 Å². The molecule has 0 saturated carbocycles. The van der Waals surface area contributed by atoms with Crippen molar-refractivity contribution in [1.82, 2.24) is 0 Å². The highest BCUT2D eigenvalue weighted by Crippen LogP contribution is 2.43. The summed E-state index contributed by atoms with van der Waals surface area (Å²) in [5, 5.41) is -0.0969. The van der Waals surface area contributed by atoms with Crippen LogP contribution in [0.4, 0.5) is 0 Å². The Hall–Kier alpha value is 0.670. The fourth-order valence-corrected chi connectivity index (χ4v) is 2.01. The fraction of sp³-hybridized carbons (Fsp3) is 0.333. The first-order valence-electron chi connectivity index (χ1n) is 3.81. The smallest absolute Gasteiger partial charge is 0.123 e. The van der Waals surface area contributed by atoms with Crippen molar-refractivity contribution in [2.75, 3.05) is 5.88 Å². The van der Waals surface area contributed by atoms with E-state index in [0.29, 0.717) is 10.6 Å². The van der Waals surface area contributed by atoms with Crippen LogP contribution in [0.15, 0.2) is 24.3 Å². The van der Waals surface area contributed by atoms with Crippen molar-refractivity contribution in [2.45, 2.75) is 9.71 Å². The molecule has 0 spiro atoms. The molecule has 1 aromatic carbocycles. The van der Waals surface area contributed by atoms with Gasteiger partial charge in [0.15, 0.2) is 4.33 Å². The van der Waals surface area contributed by atoms with Gasteiger partial charge in [-0.1, -0.05) is 53.0 Å². The monoisotopic (exact) mass is 290 g/mol. The van der Waals surface area contributed by atoms with Gasteiger partial charge in [0, 0.05) is 5.02 Å². The van der Waals surface area contributed by atoms with Gasteiger partial charge in [-0.2, -0.15) is 0 Å². The standard InChI is InChI=1S/C9H7Cl5/c10-5-9(13,14)8(12)6-3-1-2-4-7(6)11/h1-4,8H,5H2. The second kappa shape index (κ2) is 5.14. The van der Waals surface area contributed by atoms with Gasteiger partial charge in [-0.05, 0) is 11.6 Å². The SMILES string of the molecule is ClCC(Cl)(Cl)C(Cl)c1ccccc1Cl. The maximum atomic E-state index is 6.07. The van der Waals surface area contributed by atoms with Crippen LogP contribution >= 0.6 is 58.0 Å². The molecular formula is C9H7Cl5. The Morgan fingerprint density at radius 2 is 1.79 bits per heavy atom. The third-order valence-corrected chi connectivity index (χ3v) is 4.30. The Morgan fingerprint density at radius 1 is 1.21 bits per heavy atom. The molecule has 0 bridgehead atoms. The fourth-order valence-electron chi connectivity index (χ4n) is 0.976. The molecule has 0 fully saturated rings. The van der Waals surface area contributed by atoms with Crippen molar-refractivity contribution in [3.63, 3.8) is 0 Å². The Bertz CT molecular complexity index is 310. The molecule has 1 aromatic rings. The van der Waals surface area contributed by atoms with Crippen LogP contribution in [-0.2, 0) is 0 Å². The van der Waals surface area contributed by atoms with Crippen LogP contribution < -0.4 is 0 Å². The largest absolute Gasteiger partial charge is 0.152 e. The molecule has 0 aliphatic heterocycles. The lowest BCUT2D eigenvalue weighted by atomic mass is 10.1. The lowest BCUT2D eigenvalue weighted by Gasteiger charge is -2.23.